The third-order valence-electron chi connectivity index (χ3n) is 5.49. The van der Waals surface area contributed by atoms with E-state index < -0.39 is 5.60 Å². The molecule has 0 radical (unpaired) electrons. The van der Waals surface area contributed by atoms with Crippen LogP contribution >= 0.6 is 0 Å². The Balaban J connectivity index is 1.30. The molecule has 0 unspecified atom stereocenters. The maximum absolute atomic E-state index is 12.4. The molecule has 0 atom stereocenters. The Morgan fingerprint density at radius 2 is 1.91 bits per heavy atom. The largest absolute Gasteiger partial charge is 0.492 e. The molecule has 1 amide bonds. The molecule has 1 saturated heterocycles. The number of benzene rings is 1. The van der Waals surface area contributed by atoms with Gasteiger partial charge in [-0.15, -0.1) is 0 Å². The smallest absolute Gasteiger partial charge is 0.410 e. The number of rotatable bonds is 6. The fourth-order valence-corrected chi connectivity index (χ4v) is 3.73. The molecule has 9 nitrogen and oxygen atoms in total. The van der Waals surface area contributed by atoms with Gasteiger partial charge in [-0.2, -0.15) is 0 Å². The van der Waals surface area contributed by atoms with Crippen LogP contribution in [-0.4, -0.2) is 77.5 Å². The minimum Gasteiger partial charge on any atom is -0.492 e. The van der Waals surface area contributed by atoms with Crippen LogP contribution in [0.25, 0.3) is 0 Å². The first kappa shape index (κ1) is 23.3. The van der Waals surface area contributed by atoms with Crippen LogP contribution in [0.3, 0.4) is 0 Å². The van der Waals surface area contributed by atoms with Crippen molar-refractivity contribution >= 4 is 17.7 Å². The number of fused-ring (bicyclic) bond motifs is 1. The lowest BCUT2D eigenvalue weighted by Crippen LogP contribution is -2.40. The highest BCUT2D eigenvalue weighted by Crippen LogP contribution is 2.22. The van der Waals surface area contributed by atoms with Crippen LogP contribution in [0.4, 0.5) is 16.4 Å². The summed E-state index contributed by atoms with van der Waals surface area (Å²) in [5.41, 5.74) is 2.25. The van der Waals surface area contributed by atoms with Gasteiger partial charge >= 0.3 is 6.09 Å². The van der Waals surface area contributed by atoms with E-state index in [1.165, 1.54) is 0 Å². The van der Waals surface area contributed by atoms with Crippen LogP contribution < -0.4 is 10.1 Å². The number of nitrogens with one attached hydrogen (secondary N) is 1. The predicted molar refractivity (Wildman–Crippen MR) is 125 cm³/mol. The van der Waals surface area contributed by atoms with E-state index in [1.807, 2.05) is 51.2 Å². The number of hydrogen-bond acceptors (Lipinski definition) is 8. The third kappa shape index (κ3) is 6.79. The van der Waals surface area contributed by atoms with E-state index in [1.54, 1.807) is 4.90 Å². The Bertz CT molecular complexity index is 939. The first-order valence-electron chi connectivity index (χ1n) is 11.5. The number of nitrogens with zero attached hydrogens (tertiary/aromatic N) is 4. The van der Waals surface area contributed by atoms with E-state index in [-0.39, 0.29) is 6.09 Å². The van der Waals surface area contributed by atoms with E-state index in [2.05, 4.69) is 20.2 Å². The van der Waals surface area contributed by atoms with Crippen molar-refractivity contribution in [3.8, 4) is 5.75 Å². The molecular weight excluding hydrogens is 422 g/mol. The summed E-state index contributed by atoms with van der Waals surface area (Å²) >= 11 is 0. The van der Waals surface area contributed by atoms with Gasteiger partial charge in [-0.3, -0.25) is 4.90 Å². The molecule has 2 aromatic rings. The van der Waals surface area contributed by atoms with Crippen molar-refractivity contribution in [3.63, 3.8) is 0 Å². The molecule has 9 heteroatoms. The van der Waals surface area contributed by atoms with Gasteiger partial charge in [0.25, 0.3) is 0 Å². The van der Waals surface area contributed by atoms with Crippen molar-refractivity contribution in [3.05, 3.63) is 41.7 Å². The van der Waals surface area contributed by atoms with Gasteiger partial charge in [0.1, 0.15) is 18.0 Å². The molecule has 1 aromatic heterocycles. The fourth-order valence-electron chi connectivity index (χ4n) is 3.73. The topological polar surface area (TPSA) is 89.0 Å². The minimum atomic E-state index is -0.520. The Morgan fingerprint density at radius 3 is 2.64 bits per heavy atom. The maximum atomic E-state index is 12.4. The van der Waals surface area contributed by atoms with Gasteiger partial charge in [0.05, 0.1) is 25.5 Å². The summed E-state index contributed by atoms with van der Waals surface area (Å²) in [6.45, 7) is 11.7. The molecule has 0 spiro atoms. The Labute approximate surface area is 195 Å². The summed E-state index contributed by atoms with van der Waals surface area (Å²) in [7, 11) is 0. The quantitative estimate of drug-likeness (QED) is 0.710. The molecule has 2 aliphatic rings. The number of morpholine rings is 1. The summed E-state index contributed by atoms with van der Waals surface area (Å²) in [4.78, 5) is 25.5. The van der Waals surface area contributed by atoms with E-state index >= 15 is 0 Å². The fraction of sp³-hybridized carbons (Fsp3) is 0.542. The summed E-state index contributed by atoms with van der Waals surface area (Å²) in [6.07, 6.45) is 2.23. The van der Waals surface area contributed by atoms with Crippen molar-refractivity contribution < 1.29 is 19.0 Å². The zero-order valence-electron chi connectivity index (χ0n) is 19.7. The lowest BCUT2D eigenvalue weighted by molar-refractivity contribution is 0.0220. The minimum absolute atomic E-state index is 0.314. The molecule has 33 heavy (non-hydrogen) atoms. The van der Waals surface area contributed by atoms with Gasteiger partial charge in [0, 0.05) is 38.1 Å². The average molecular weight is 456 g/mol. The molecule has 178 valence electrons. The highest BCUT2D eigenvalue weighted by molar-refractivity contribution is 5.68. The van der Waals surface area contributed by atoms with Crippen LogP contribution in [0.5, 0.6) is 5.75 Å². The number of anilines is 2. The summed E-state index contributed by atoms with van der Waals surface area (Å²) < 4.78 is 16.7. The van der Waals surface area contributed by atoms with Crippen LogP contribution in [0, 0.1) is 0 Å². The number of carbonyl (C=O) groups excluding carboxylic acids is 1. The lowest BCUT2D eigenvalue weighted by Gasteiger charge is -2.30. The number of carbonyl (C=O) groups is 1. The lowest BCUT2D eigenvalue weighted by atomic mass is 10.1. The van der Waals surface area contributed by atoms with E-state index in [9.17, 15) is 4.79 Å². The summed E-state index contributed by atoms with van der Waals surface area (Å²) in [5.74, 6) is 1.33. The van der Waals surface area contributed by atoms with Crippen molar-refractivity contribution in [2.24, 2.45) is 0 Å². The van der Waals surface area contributed by atoms with Gasteiger partial charge in [-0.1, -0.05) is 0 Å². The molecule has 0 bridgehead atoms. The number of amides is 1. The van der Waals surface area contributed by atoms with Gasteiger partial charge < -0.3 is 24.4 Å². The van der Waals surface area contributed by atoms with Crippen molar-refractivity contribution in [1.82, 2.24) is 19.8 Å². The first-order chi connectivity index (χ1) is 15.9. The van der Waals surface area contributed by atoms with Gasteiger partial charge in [0.15, 0.2) is 0 Å². The van der Waals surface area contributed by atoms with Crippen LogP contribution in [-0.2, 0) is 22.4 Å². The zero-order valence-corrected chi connectivity index (χ0v) is 19.7. The van der Waals surface area contributed by atoms with E-state index in [4.69, 9.17) is 14.2 Å². The SMILES string of the molecule is CC(C)(C)OC(=O)N1CCc2cnc(Nc3ccc(OCCN4CCOCC4)cc3)nc2C1. The molecule has 1 fully saturated rings. The maximum Gasteiger partial charge on any atom is 0.410 e. The summed E-state index contributed by atoms with van der Waals surface area (Å²) in [6, 6.07) is 7.76. The van der Waals surface area contributed by atoms with Crippen LogP contribution in [0.15, 0.2) is 30.5 Å². The van der Waals surface area contributed by atoms with Crippen molar-refractivity contribution in [2.75, 3.05) is 51.3 Å². The second kappa shape index (κ2) is 10.4. The Kier molecular flexibility index (Phi) is 7.29. The van der Waals surface area contributed by atoms with E-state index in [0.29, 0.717) is 32.1 Å². The van der Waals surface area contributed by atoms with Gasteiger partial charge in [-0.25, -0.2) is 14.8 Å². The second-order valence-electron chi connectivity index (χ2n) is 9.27. The number of aromatic nitrogens is 2. The molecule has 0 saturated carbocycles. The predicted octanol–water partition coefficient (Wildman–Crippen LogP) is 3.22. The van der Waals surface area contributed by atoms with Crippen LogP contribution in [0.2, 0.25) is 0 Å². The number of hydrogen-bond donors (Lipinski definition) is 1. The van der Waals surface area contributed by atoms with Crippen LogP contribution in [0.1, 0.15) is 32.0 Å². The molecule has 0 aliphatic carbocycles. The third-order valence-corrected chi connectivity index (χ3v) is 5.49. The Hall–Kier alpha value is -2.91. The van der Waals surface area contributed by atoms with Gasteiger partial charge in [-0.05, 0) is 57.0 Å². The Morgan fingerprint density at radius 1 is 1.15 bits per heavy atom. The molecule has 2 aliphatic heterocycles. The van der Waals surface area contributed by atoms with Gasteiger partial charge in [0.2, 0.25) is 5.95 Å². The van der Waals surface area contributed by atoms with Crippen molar-refractivity contribution in [2.45, 2.75) is 39.3 Å². The average Bonchev–Trinajstić information content (AvgIpc) is 2.79. The molecule has 1 aromatic carbocycles. The molecular formula is C24H33N5O4. The summed E-state index contributed by atoms with van der Waals surface area (Å²) in [5, 5.41) is 3.24. The zero-order chi connectivity index (χ0) is 23.3. The second-order valence-corrected chi connectivity index (χ2v) is 9.27. The highest BCUT2D eigenvalue weighted by Gasteiger charge is 2.26. The molecule has 1 N–H and O–H groups in total. The van der Waals surface area contributed by atoms with E-state index in [0.717, 1.165) is 55.5 Å². The molecule has 4 rings (SSSR count). The normalized spacial score (nSPS) is 16.8. The monoisotopic (exact) mass is 455 g/mol. The highest BCUT2D eigenvalue weighted by atomic mass is 16.6. The van der Waals surface area contributed by atoms with Crippen molar-refractivity contribution in [1.29, 1.82) is 0 Å². The first-order valence-corrected chi connectivity index (χ1v) is 11.5. The number of ether oxygens (including phenoxy) is 3. The standard InChI is InChI=1S/C24H33N5O4/c1-24(2,3)33-23(30)29-9-8-18-16-25-22(27-21(18)17-29)26-19-4-6-20(7-5-19)32-15-12-28-10-13-31-14-11-28/h4-7,16H,8-15,17H2,1-3H3,(H,25,26,27). The molecule has 3 heterocycles.